The number of nitriles is 1. The summed E-state index contributed by atoms with van der Waals surface area (Å²) in [6.45, 7) is 0. The summed E-state index contributed by atoms with van der Waals surface area (Å²) in [6, 6.07) is 19.4. The molecule has 2 aromatic carbocycles. The van der Waals surface area contributed by atoms with Gasteiger partial charge in [0, 0.05) is 10.4 Å². The molecule has 94 valence electrons. The van der Waals surface area contributed by atoms with Crippen LogP contribution in [0.2, 0.25) is 0 Å². The van der Waals surface area contributed by atoms with Crippen molar-refractivity contribution in [2.75, 3.05) is 0 Å². The van der Waals surface area contributed by atoms with E-state index in [9.17, 15) is 5.26 Å². The molecule has 0 aliphatic heterocycles. The Labute approximate surface area is 122 Å². The third-order valence-electron chi connectivity index (χ3n) is 3.89. The minimum absolute atomic E-state index is 0.0733. The first-order valence-corrected chi connectivity index (χ1v) is 7.32. The quantitative estimate of drug-likeness (QED) is 0.751. The Morgan fingerprint density at radius 3 is 2.74 bits per heavy atom. The Balaban J connectivity index is 2.14. The first-order valence-electron chi connectivity index (χ1n) is 6.52. The van der Waals surface area contributed by atoms with Crippen molar-refractivity contribution in [3.8, 4) is 6.07 Å². The first kappa shape index (κ1) is 12.4. The fourth-order valence-corrected chi connectivity index (χ4v) is 3.43. The lowest BCUT2D eigenvalue weighted by molar-refractivity contribution is 0.503. The van der Waals surface area contributed by atoms with Crippen LogP contribution in [-0.4, -0.2) is 0 Å². The Hall–Kier alpha value is -1.59. The van der Waals surface area contributed by atoms with Gasteiger partial charge in [-0.25, -0.2) is 0 Å². The lowest BCUT2D eigenvalue weighted by Gasteiger charge is -2.30. The Bertz CT molecular complexity index is 642. The molecule has 0 N–H and O–H groups in total. The van der Waals surface area contributed by atoms with Gasteiger partial charge in [0.2, 0.25) is 0 Å². The summed E-state index contributed by atoms with van der Waals surface area (Å²) < 4.78 is 1.07. The summed E-state index contributed by atoms with van der Waals surface area (Å²) in [5, 5.41) is 9.46. The van der Waals surface area contributed by atoms with E-state index in [0.717, 1.165) is 17.3 Å². The van der Waals surface area contributed by atoms with Gasteiger partial charge in [0.15, 0.2) is 0 Å². The molecule has 1 aliphatic rings. The zero-order chi connectivity index (χ0) is 13.2. The molecular formula is C17H14BrN. The van der Waals surface area contributed by atoms with E-state index in [0.29, 0.717) is 0 Å². The minimum atomic E-state index is 0.0733. The summed E-state index contributed by atoms with van der Waals surface area (Å²) in [5.74, 6) is 0.275. The zero-order valence-electron chi connectivity index (χ0n) is 10.5. The van der Waals surface area contributed by atoms with Crippen molar-refractivity contribution in [2.24, 2.45) is 5.92 Å². The van der Waals surface area contributed by atoms with Crippen LogP contribution < -0.4 is 0 Å². The number of rotatable bonds is 1. The number of nitrogens with zero attached hydrogens (tertiary/aromatic N) is 1. The summed E-state index contributed by atoms with van der Waals surface area (Å²) in [6.07, 6.45) is 1.96. The largest absolute Gasteiger partial charge is 0.198 e. The second kappa shape index (κ2) is 5.19. The lowest BCUT2D eigenvalue weighted by Crippen LogP contribution is -2.20. The van der Waals surface area contributed by atoms with E-state index in [1.54, 1.807) is 0 Å². The molecule has 0 aromatic heterocycles. The molecular weight excluding hydrogens is 298 g/mol. The second-order valence-electron chi connectivity index (χ2n) is 5.01. The number of benzene rings is 2. The highest BCUT2D eigenvalue weighted by Crippen LogP contribution is 2.40. The first-order chi connectivity index (χ1) is 9.29. The van der Waals surface area contributed by atoms with Crippen LogP contribution in [0.3, 0.4) is 0 Å². The van der Waals surface area contributed by atoms with Crippen molar-refractivity contribution in [3.05, 3.63) is 69.7 Å². The van der Waals surface area contributed by atoms with Crippen LogP contribution in [0.25, 0.3) is 0 Å². The number of hydrogen-bond acceptors (Lipinski definition) is 1. The molecule has 2 aromatic rings. The van der Waals surface area contributed by atoms with Gasteiger partial charge in [0.05, 0.1) is 12.0 Å². The molecule has 2 unspecified atom stereocenters. The van der Waals surface area contributed by atoms with E-state index >= 15 is 0 Å². The molecule has 3 rings (SSSR count). The maximum atomic E-state index is 9.46. The molecule has 2 atom stereocenters. The summed E-state index contributed by atoms with van der Waals surface area (Å²) >= 11 is 3.53. The van der Waals surface area contributed by atoms with E-state index in [-0.39, 0.29) is 11.8 Å². The number of hydrogen-bond donors (Lipinski definition) is 0. The van der Waals surface area contributed by atoms with Crippen molar-refractivity contribution in [1.29, 1.82) is 5.26 Å². The van der Waals surface area contributed by atoms with Crippen LogP contribution >= 0.6 is 15.9 Å². The van der Waals surface area contributed by atoms with Crippen molar-refractivity contribution in [3.63, 3.8) is 0 Å². The van der Waals surface area contributed by atoms with Crippen molar-refractivity contribution in [2.45, 2.75) is 18.8 Å². The van der Waals surface area contributed by atoms with Crippen molar-refractivity contribution >= 4 is 15.9 Å². The maximum absolute atomic E-state index is 9.46. The third-order valence-corrected chi connectivity index (χ3v) is 4.38. The molecule has 0 amide bonds. The van der Waals surface area contributed by atoms with E-state index < -0.39 is 0 Å². The Morgan fingerprint density at radius 1 is 1.11 bits per heavy atom. The predicted molar refractivity (Wildman–Crippen MR) is 79.9 cm³/mol. The number of aryl methyl sites for hydroxylation is 1. The van der Waals surface area contributed by atoms with Crippen LogP contribution in [0.5, 0.6) is 0 Å². The molecule has 1 nitrogen and oxygen atoms in total. The summed E-state index contributed by atoms with van der Waals surface area (Å²) in [5.41, 5.74) is 3.94. The average Bonchev–Trinajstić information content (AvgIpc) is 2.46. The molecule has 1 aliphatic carbocycles. The molecule has 0 bridgehead atoms. The normalized spacial score (nSPS) is 21.5. The fraction of sp³-hybridized carbons (Fsp3) is 0.235. The number of halogens is 1. The van der Waals surface area contributed by atoms with Gasteiger partial charge in [-0.3, -0.25) is 0 Å². The van der Waals surface area contributed by atoms with Gasteiger partial charge in [-0.1, -0.05) is 52.3 Å². The molecule has 0 radical (unpaired) electrons. The highest BCUT2D eigenvalue weighted by atomic mass is 79.9. The molecule has 2 heteroatoms. The molecule has 19 heavy (non-hydrogen) atoms. The standard InChI is InChI=1S/C17H14BrN/c18-15-6-3-5-13(10-15)17-14(11-19)9-8-12-4-1-2-7-16(12)17/h1-7,10,14,17H,8-9H2. The van der Waals surface area contributed by atoms with Crippen LogP contribution in [0, 0.1) is 17.2 Å². The van der Waals surface area contributed by atoms with Gasteiger partial charge in [0.25, 0.3) is 0 Å². The van der Waals surface area contributed by atoms with Gasteiger partial charge in [0.1, 0.15) is 0 Å². The van der Waals surface area contributed by atoms with E-state index in [4.69, 9.17) is 0 Å². The van der Waals surface area contributed by atoms with Crippen LogP contribution in [0.1, 0.15) is 29.0 Å². The third kappa shape index (κ3) is 2.31. The van der Waals surface area contributed by atoms with E-state index in [1.165, 1.54) is 16.7 Å². The highest BCUT2D eigenvalue weighted by Gasteiger charge is 2.30. The predicted octanol–water partition coefficient (Wildman–Crippen LogP) is 4.67. The van der Waals surface area contributed by atoms with Gasteiger partial charge in [-0.05, 0) is 41.7 Å². The fourth-order valence-electron chi connectivity index (χ4n) is 3.01. The Morgan fingerprint density at radius 2 is 1.95 bits per heavy atom. The average molecular weight is 312 g/mol. The van der Waals surface area contributed by atoms with Crippen LogP contribution in [0.15, 0.2) is 53.0 Å². The minimum Gasteiger partial charge on any atom is -0.198 e. The van der Waals surface area contributed by atoms with Crippen LogP contribution in [-0.2, 0) is 6.42 Å². The molecule has 0 fully saturated rings. The summed E-state index contributed by atoms with van der Waals surface area (Å²) in [7, 11) is 0. The SMILES string of the molecule is N#CC1CCc2ccccc2C1c1cccc(Br)c1. The van der Waals surface area contributed by atoms with E-state index in [1.807, 2.05) is 12.1 Å². The second-order valence-corrected chi connectivity index (χ2v) is 5.92. The maximum Gasteiger partial charge on any atom is 0.0665 e. The summed E-state index contributed by atoms with van der Waals surface area (Å²) in [4.78, 5) is 0. The molecule has 0 saturated carbocycles. The van der Waals surface area contributed by atoms with Gasteiger partial charge < -0.3 is 0 Å². The molecule has 0 saturated heterocycles. The van der Waals surface area contributed by atoms with Crippen molar-refractivity contribution < 1.29 is 0 Å². The number of fused-ring (bicyclic) bond motifs is 1. The molecule has 0 heterocycles. The van der Waals surface area contributed by atoms with Gasteiger partial charge in [-0.2, -0.15) is 5.26 Å². The van der Waals surface area contributed by atoms with Crippen molar-refractivity contribution in [1.82, 2.24) is 0 Å². The molecule has 0 spiro atoms. The van der Waals surface area contributed by atoms with E-state index in [2.05, 4.69) is 58.4 Å². The monoisotopic (exact) mass is 311 g/mol. The zero-order valence-corrected chi connectivity index (χ0v) is 12.1. The van der Waals surface area contributed by atoms with Gasteiger partial charge >= 0.3 is 0 Å². The topological polar surface area (TPSA) is 23.8 Å². The van der Waals surface area contributed by atoms with Gasteiger partial charge in [-0.15, -0.1) is 0 Å². The highest BCUT2D eigenvalue weighted by molar-refractivity contribution is 9.10. The lowest BCUT2D eigenvalue weighted by atomic mass is 9.72. The van der Waals surface area contributed by atoms with Crippen LogP contribution in [0.4, 0.5) is 0 Å². The smallest absolute Gasteiger partial charge is 0.0665 e. The Kier molecular flexibility index (Phi) is 3.40.